The highest BCUT2D eigenvalue weighted by atomic mass is 16.5. The van der Waals surface area contributed by atoms with E-state index >= 15 is 0 Å². The molecule has 17 heavy (non-hydrogen) atoms. The van der Waals surface area contributed by atoms with E-state index in [1.165, 1.54) is 6.07 Å². The van der Waals surface area contributed by atoms with Crippen LogP contribution < -0.4 is 16.6 Å². The van der Waals surface area contributed by atoms with E-state index < -0.39 is 0 Å². The monoisotopic (exact) mass is 238 g/mol. The van der Waals surface area contributed by atoms with Crippen molar-refractivity contribution in [3.8, 4) is 0 Å². The van der Waals surface area contributed by atoms with Crippen LogP contribution in [0.15, 0.2) is 10.9 Å². The molecule has 1 aliphatic carbocycles. The Labute approximate surface area is 99.6 Å². The normalized spacial score (nSPS) is 16.8. The first-order chi connectivity index (χ1) is 8.22. The van der Waals surface area contributed by atoms with Crippen molar-refractivity contribution in [2.24, 2.45) is 5.73 Å². The minimum atomic E-state index is -0.127. The Bertz CT molecular complexity index is 428. The molecular weight excluding hydrogens is 220 g/mol. The lowest BCUT2D eigenvalue weighted by atomic mass is 10.3. The summed E-state index contributed by atoms with van der Waals surface area (Å²) in [6.07, 6.45) is 2.20. The van der Waals surface area contributed by atoms with Gasteiger partial charge in [-0.05, 0) is 12.8 Å². The number of H-pyrrole nitrogens is 1. The molecule has 0 spiro atoms. The number of rotatable bonds is 6. The molecular formula is C11H18N4O2. The van der Waals surface area contributed by atoms with Crippen molar-refractivity contribution < 1.29 is 4.74 Å². The van der Waals surface area contributed by atoms with Gasteiger partial charge in [-0.15, -0.1) is 0 Å². The van der Waals surface area contributed by atoms with Crippen LogP contribution in [0, 0.1) is 0 Å². The second-order valence-corrected chi connectivity index (χ2v) is 4.32. The number of nitrogens with two attached hydrogens (primary N) is 1. The van der Waals surface area contributed by atoms with Gasteiger partial charge < -0.3 is 20.8 Å². The molecule has 0 radical (unpaired) electrons. The summed E-state index contributed by atoms with van der Waals surface area (Å²) < 4.78 is 5.03. The maximum atomic E-state index is 11.5. The summed E-state index contributed by atoms with van der Waals surface area (Å²) in [6, 6.07) is 1.42. The third-order valence-electron chi connectivity index (χ3n) is 2.73. The average molecular weight is 238 g/mol. The van der Waals surface area contributed by atoms with Crippen LogP contribution in [-0.2, 0) is 4.74 Å². The lowest BCUT2D eigenvalue weighted by molar-refractivity contribution is 0.187. The van der Waals surface area contributed by atoms with Crippen LogP contribution in [0.2, 0.25) is 0 Å². The minimum absolute atomic E-state index is 0.0265. The third-order valence-corrected chi connectivity index (χ3v) is 2.73. The van der Waals surface area contributed by atoms with Gasteiger partial charge in [0.05, 0.1) is 12.6 Å². The lowest BCUT2D eigenvalue weighted by Crippen LogP contribution is -2.34. The molecule has 94 valence electrons. The zero-order chi connectivity index (χ0) is 12.3. The SMILES string of the molecule is COCC(CN)Nc1cc(=O)[nH]c(C2CC2)n1. The van der Waals surface area contributed by atoms with Gasteiger partial charge in [-0.1, -0.05) is 0 Å². The van der Waals surface area contributed by atoms with E-state index in [1.54, 1.807) is 7.11 Å². The van der Waals surface area contributed by atoms with E-state index in [2.05, 4.69) is 15.3 Å². The number of hydrogen-bond donors (Lipinski definition) is 3. The first-order valence-electron chi connectivity index (χ1n) is 5.79. The first-order valence-corrected chi connectivity index (χ1v) is 5.79. The fourth-order valence-electron chi connectivity index (χ4n) is 1.68. The van der Waals surface area contributed by atoms with E-state index in [0.717, 1.165) is 18.7 Å². The summed E-state index contributed by atoms with van der Waals surface area (Å²) in [4.78, 5) is 18.6. The van der Waals surface area contributed by atoms with Crippen LogP contribution in [0.5, 0.6) is 0 Å². The molecule has 1 unspecified atom stereocenters. The van der Waals surface area contributed by atoms with Gasteiger partial charge in [0.1, 0.15) is 11.6 Å². The number of aromatic nitrogens is 2. The summed E-state index contributed by atoms with van der Waals surface area (Å²) in [7, 11) is 1.62. The Morgan fingerprint density at radius 3 is 3.06 bits per heavy atom. The van der Waals surface area contributed by atoms with Crippen LogP contribution >= 0.6 is 0 Å². The molecule has 6 heteroatoms. The molecule has 0 aliphatic heterocycles. The topological polar surface area (TPSA) is 93.0 Å². The standard InChI is InChI=1S/C11H18N4O2/c1-17-6-8(5-12)13-9-4-10(16)15-11(14-9)7-2-3-7/h4,7-8H,2-3,5-6,12H2,1H3,(H2,13,14,15,16). The molecule has 1 aromatic heterocycles. The fourth-order valence-corrected chi connectivity index (χ4v) is 1.68. The summed E-state index contributed by atoms with van der Waals surface area (Å²) in [5.41, 5.74) is 5.47. The highest BCUT2D eigenvalue weighted by molar-refractivity contribution is 5.35. The zero-order valence-electron chi connectivity index (χ0n) is 9.90. The third kappa shape index (κ3) is 3.28. The fraction of sp³-hybridized carbons (Fsp3) is 0.636. The summed E-state index contributed by atoms with van der Waals surface area (Å²) in [5.74, 6) is 1.76. The molecule has 0 amide bonds. The minimum Gasteiger partial charge on any atom is -0.383 e. The van der Waals surface area contributed by atoms with Gasteiger partial charge in [0.2, 0.25) is 0 Å². The number of nitrogens with one attached hydrogen (secondary N) is 2. The molecule has 4 N–H and O–H groups in total. The van der Waals surface area contributed by atoms with Crippen LogP contribution in [0.25, 0.3) is 0 Å². The Morgan fingerprint density at radius 1 is 1.71 bits per heavy atom. The Morgan fingerprint density at radius 2 is 2.47 bits per heavy atom. The Balaban J connectivity index is 2.11. The summed E-state index contributed by atoms with van der Waals surface area (Å²) in [6.45, 7) is 0.921. The van der Waals surface area contributed by atoms with Gasteiger partial charge in [0.25, 0.3) is 5.56 Å². The van der Waals surface area contributed by atoms with Crippen molar-refractivity contribution in [1.29, 1.82) is 0 Å². The number of anilines is 1. The summed E-state index contributed by atoms with van der Waals surface area (Å²) >= 11 is 0. The molecule has 0 saturated heterocycles. The van der Waals surface area contributed by atoms with E-state index in [9.17, 15) is 4.79 Å². The summed E-state index contributed by atoms with van der Waals surface area (Å²) in [5, 5.41) is 3.11. The van der Waals surface area contributed by atoms with Crippen molar-refractivity contribution in [2.45, 2.75) is 24.8 Å². The molecule has 1 fully saturated rings. The highest BCUT2D eigenvalue weighted by Gasteiger charge is 2.26. The van der Waals surface area contributed by atoms with Crippen molar-refractivity contribution >= 4 is 5.82 Å². The number of ether oxygens (including phenoxy) is 1. The molecule has 1 aromatic rings. The smallest absolute Gasteiger partial charge is 0.252 e. The zero-order valence-corrected chi connectivity index (χ0v) is 9.90. The number of nitrogens with zero attached hydrogens (tertiary/aromatic N) is 1. The quantitative estimate of drug-likeness (QED) is 0.650. The molecule has 1 saturated carbocycles. The number of aromatic amines is 1. The van der Waals surface area contributed by atoms with Gasteiger partial charge in [0, 0.05) is 25.6 Å². The van der Waals surface area contributed by atoms with Gasteiger partial charge in [-0.2, -0.15) is 0 Å². The van der Waals surface area contributed by atoms with Crippen LogP contribution in [0.1, 0.15) is 24.6 Å². The first kappa shape index (κ1) is 12.1. The predicted octanol–water partition coefficient (Wildman–Crippen LogP) is 0.0329. The van der Waals surface area contributed by atoms with Crippen molar-refractivity contribution in [1.82, 2.24) is 9.97 Å². The van der Waals surface area contributed by atoms with E-state index in [-0.39, 0.29) is 11.6 Å². The Kier molecular flexibility index (Phi) is 3.75. The van der Waals surface area contributed by atoms with E-state index in [4.69, 9.17) is 10.5 Å². The second kappa shape index (κ2) is 5.29. The van der Waals surface area contributed by atoms with Crippen molar-refractivity contribution in [3.05, 3.63) is 22.2 Å². The maximum absolute atomic E-state index is 11.5. The predicted molar refractivity (Wildman–Crippen MR) is 65.2 cm³/mol. The van der Waals surface area contributed by atoms with Gasteiger partial charge >= 0.3 is 0 Å². The molecule has 2 rings (SSSR count). The molecule has 0 bridgehead atoms. The maximum Gasteiger partial charge on any atom is 0.252 e. The molecule has 6 nitrogen and oxygen atoms in total. The molecule has 1 heterocycles. The van der Waals surface area contributed by atoms with Gasteiger partial charge in [-0.3, -0.25) is 4.79 Å². The van der Waals surface area contributed by atoms with E-state index in [0.29, 0.717) is 24.9 Å². The lowest BCUT2D eigenvalue weighted by Gasteiger charge is -2.16. The van der Waals surface area contributed by atoms with Crippen LogP contribution in [0.3, 0.4) is 0 Å². The number of methoxy groups -OCH3 is 1. The highest BCUT2D eigenvalue weighted by Crippen LogP contribution is 2.37. The molecule has 1 atom stereocenters. The largest absolute Gasteiger partial charge is 0.383 e. The van der Waals surface area contributed by atoms with Gasteiger partial charge in [0.15, 0.2) is 0 Å². The van der Waals surface area contributed by atoms with Crippen LogP contribution in [0.4, 0.5) is 5.82 Å². The second-order valence-electron chi connectivity index (χ2n) is 4.32. The van der Waals surface area contributed by atoms with E-state index in [1.807, 2.05) is 0 Å². The van der Waals surface area contributed by atoms with Gasteiger partial charge in [-0.25, -0.2) is 4.98 Å². The van der Waals surface area contributed by atoms with Crippen LogP contribution in [-0.4, -0.2) is 36.3 Å². The number of hydrogen-bond acceptors (Lipinski definition) is 5. The Hall–Kier alpha value is -1.40. The van der Waals surface area contributed by atoms with Crippen molar-refractivity contribution in [3.63, 3.8) is 0 Å². The molecule has 1 aliphatic rings. The average Bonchev–Trinajstić information content (AvgIpc) is 3.11. The molecule has 0 aromatic carbocycles. The van der Waals surface area contributed by atoms with Crippen molar-refractivity contribution in [2.75, 3.05) is 25.6 Å².